The second kappa shape index (κ2) is 8.84. The van der Waals surface area contributed by atoms with E-state index in [1.54, 1.807) is 36.4 Å². The van der Waals surface area contributed by atoms with Crippen molar-refractivity contribution in [3.05, 3.63) is 76.5 Å². The number of benzene rings is 2. The molecule has 0 aliphatic rings. The van der Waals surface area contributed by atoms with Gasteiger partial charge in [0.15, 0.2) is 5.82 Å². The van der Waals surface area contributed by atoms with Gasteiger partial charge in [0.25, 0.3) is 5.91 Å². The van der Waals surface area contributed by atoms with E-state index in [2.05, 4.69) is 15.3 Å². The Bertz CT molecular complexity index is 898. The number of hydrogen-bond acceptors (Lipinski definition) is 4. The third kappa shape index (κ3) is 5.42. The SMILES string of the molecule is CC(COc1ccc(Cl)cc1)NC(=O)c1cnc(-c2ccc(Cl)cc2)nc1. The third-order valence-corrected chi connectivity index (χ3v) is 4.21. The molecule has 0 saturated carbocycles. The summed E-state index contributed by atoms with van der Waals surface area (Å²) in [7, 11) is 0. The van der Waals surface area contributed by atoms with Crippen LogP contribution in [0.4, 0.5) is 0 Å². The Balaban J connectivity index is 1.55. The topological polar surface area (TPSA) is 64.1 Å². The van der Waals surface area contributed by atoms with E-state index in [4.69, 9.17) is 27.9 Å². The van der Waals surface area contributed by atoms with Crippen LogP contribution < -0.4 is 10.1 Å². The zero-order valence-corrected chi connectivity index (χ0v) is 16.0. The molecule has 0 aliphatic carbocycles. The number of halogens is 2. The Kier molecular flexibility index (Phi) is 6.27. The van der Waals surface area contributed by atoms with Gasteiger partial charge in [-0.3, -0.25) is 4.79 Å². The lowest BCUT2D eigenvalue weighted by molar-refractivity contribution is 0.0926. The molecule has 1 atom stereocenters. The van der Waals surface area contributed by atoms with Crippen LogP contribution in [0.5, 0.6) is 5.75 Å². The molecule has 1 unspecified atom stereocenters. The summed E-state index contributed by atoms with van der Waals surface area (Å²) < 4.78 is 5.63. The number of amides is 1. The van der Waals surface area contributed by atoms with Gasteiger partial charge in [0.2, 0.25) is 0 Å². The molecule has 2 aromatic carbocycles. The molecule has 1 N–H and O–H groups in total. The summed E-state index contributed by atoms with van der Waals surface area (Å²) in [5.41, 5.74) is 1.21. The maximum Gasteiger partial charge on any atom is 0.254 e. The maximum absolute atomic E-state index is 12.3. The molecule has 0 saturated heterocycles. The predicted octanol–water partition coefficient (Wildman–Crippen LogP) is 4.65. The first-order chi connectivity index (χ1) is 13.0. The predicted molar refractivity (Wildman–Crippen MR) is 106 cm³/mol. The van der Waals surface area contributed by atoms with Crippen LogP contribution in [0.15, 0.2) is 60.9 Å². The molecular formula is C20H17Cl2N3O2. The van der Waals surface area contributed by atoms with Crippen LogP contribution in [0.1, 0.15) is 17.3 Å². The fourth-order valence-corrected chi connectivity index (χ4v) is 2.55. The van der Waals surface area contributed by atoms with Crippen LogP contribution in [0.3, 0.4) is 0 Å². The Labute approximate surface area is 167 Å². The number of aromatic nitrogens is 2. The van der Waals surface area contributed by atoms with E-state index >= 15 is 0 Å². The minimum atomic E-state index is -0.259. The highest BCUT2D eigenvalue weighted by molar-refractivity contribution is 6.30. The van der Waals surface area contributed by atoms with E-state index < -0.39 is 0 Å². The largest absolute Gasteiger partial charge is 0.491 e. The highest BCUT2D eigenvalue weighted by Gasteiger charge is 2.12. The highest BCUT2D eigenvalue weighted by Crippen LogP contribution is 2.18. The lowest BCUT2D eigenvalue weighted by Gasteiger charge is -2.15. The Morgan fingerprint density at radius 2 is 1.56 bits per heavy atom. The van der Waals surface area contributed by atoms with Crippen molar-refractivity contribution in [3.8, 4) is 17.1 Å². The second-order valence-electron chi connectivity index (χ2n) is 5.94. The zero-order chi connectivity index (χ0) is 19.2. The number of carbonyl (C=O) groups excluding carboxylic acids is 1. The molecule has 3 rings (SSSR count). The number of nitrogens with zero attached hydrogens (tertiary/aromatic N) is 2. The van der Waals surface area contributed by atoms with Gasteiger partial charge in [-0.1, -0.05) is 23.2 Å². The molecule has 138 valence electrons. The molecule has 27 heavy (non-hydrogen) atoms. The van der Waals surface area contributed by atoms with Gasteiger partial charge in [0.1, 0.15) is 12.4 Å². The quantitative estimate of drug-likeness (QED) is 0.652. The second-order valence-corrected chi connectivity index (χ2v) is 6.81. The molecule has 0 spiro atoms. The van der Waals surface area contributed by atoms with Gasteiger partial charge in [-0.05, 0) is 55.5 Å². The third-order valence-electron chi connectivity index (χ3n) is 3.71. The number of rotatable bonds is 6. The maximum atomic E-state index is 12.3. The molecule has 0 radical (unpaired) electrons. The molecule has 5 nitrogen and oxygen atoms in total. The normalized spacial score (nSPS) is 11.7. The summed E-state index contributed by atoms with van der Waals surface area (Å²) >= 11 is 11.7. The molecule has 0 bridgehead atoms. The Hall–Kier alpha value is -2.63. The number of carbonyl (C=O) groups is 1. The molecule has 1 aromatic heterocycles. The summed E-state index contributed by atoms with van der Waals surface area (Å²) in [6, 6.07) is 14.1. The first-order valence-electron chi connectivity index (χ1n) is 8.28. The molecule has 0 aliphatic heterocycles. The van der Waals surface area contributed by atoms with Crippen molar-refractivity contribution in [2.24, 2.45) is 0 Å². The van der Waals surface area contributed by atoms with E-state index in [1.807, 2.05) is 19.1 Å². The van der Waals surface area contributed by atoms with Crippen LogP contribution in [-0.4, -0.2) is 28.5 Å². The molecule has 7 heteroatoms. The van der Waals surface area contributed by atoms with Crippen LogP contribution >= 0.6 is 23.2 Å². The van der Waals surface area contributed by atoms with Crippen molar-refractivity contribution in [2.45, 2.75) is 13.0 Å². The smallest absolute Gasteiger partial charge is 0.254 e. The van der Waals surface area contributed by atoms with Crippen LogP contribution in [0, 0.1) is 0 Å². The minimum Gasteiger partial charge on any atom is -0.491 e. The van der Waals surface area contributed by atoms with Crippen molar-refractivity contribution in [3.63, 3.8) is 0 Å². The number of ether oxygens (including phenoxy) is 1. The number of nitrogens with one attached hydrogen (secondary N) is 1. The average molecular weight is 402 g/mol. The molecule has 3 aromatic rings. The first-order valence-corrected chi connectivity index (χ1v) is 9.04. The van der Waals surface area contributed by atoms with Gasteiger partial charge >= 0.3 is 0 Å². The van der Waals surface area contributed by atoms with Crippen LogP contribution in [0.25, 0.3) is 11.4 Å². The van der Waals surface area contributed by atoms with Crippen molar-refractivity contribution in [1.29, 1.82) is 0 Å². The molecule has 0 fully saturated rings. The van der Waals surface area contributed by atoms with Crippen molar-refractivity contribution in [1.82, 2.24) is 15.3 Å². The van der Waals surface area contributed by atoms with E-state index in [9.17, 15) is 4.79 Å². The van der Waals surface area contributed by atoms with E-state index in [1.165, 1.54) is 12.4 Å². The van der Waals surface area contributed by atoms with Gasteiger partial charge in [0, 0.05) is 28.0 Å². The van der Waals surface area contributed by atoms with Gasteiger partial charge in [-0.25, -0.2) is 9.97 Å². The first kappa shape index (κ1) is 19.1. The van der Waals surface area contributed by atoms with Gasteiger partial charge in [0.05, 0.1) is 11.6 Å². The van der Waals surface area contributed by atoms with Crippen molar-refractivity contribution < 1.29 is 9.53 Å². The molecule has 1 heterocycles. The summed E-state index contributed by atoms with van der Waals surface area (Å²) in [6.07, 6.45) is 3.00. The standard InChI is InChI=1S/C20H17Cl2N3O2/c1-13(12-27-18-8-6-17(22)7-9-18)25-20(26)15-10-23-19(24-11-15)14-2-4-16(21)5-3-14/h2-11,13H,12H2,1H3,(H,25,26). The summed E-state index contributed by atoms with van der Waals surface area (Å²) in [5.74, 6) is 0.961. The highest BCUT2D eigenvalue weighted by atomic mass is 35.5. The van der Waals surface area contributed by atoms with E-state index in [-0.39, 0.29) is 11.9 Å². The van der Waals surface area contributed by atoms with Gasteiger partial charge in [-0.2, -0.15) is 0 Å². The lowest BCUT2D eigenvalue weighted by atomic mass is 10.2. The average Bonchev–Trinajstić information content (AvgIpc) is 2.68. The zero-order valence-electron chi connectivity index (χ0n) is 14.5. The van der Waals surface area contributed by atoms with Crippen LogP contribution in [0.2, 0.25) is 10.0 Å². The van der Waals surface area contributed by atoms with Gasteiger partial charge < -0.3 is 10.1 Å². The Morgan fingerprint density at radius 3 is 2.15 bits per heavy atom. The monoisotopic (exact) mass is 401 g/mol. The van der Waals surface area contributed by atoms with Gasteiger partial charge in [-0.15, -0.1) is 0 Å². The summed E-state index contributed by atoms with van der Waals surface area (Å²) in [5, 5.41) is 4.14. The van der Waals surface area contributed by atoms with Crippen molar-refractivity contribution in [2.75, 3.05) is 6.61 Å². The van der Waals surface area contributed by atoms with Crippen molar-refractivity contribution >= 4 is 29.1 Å². The fraction of sp³-hybridized carbons (Fsp3) is 0.150. The number of hydrogen-bond donors (Lipinski definition) is 1. The fourth-order valence-electron chi connectivity index (χ4n) is 2.29. The molecular weight excluding hydrogens is 385 g/mol. The molecule has 1 amide bonds. The Morgan fingerprint density at radius 1 is 1.00 bits per heavy atom. The lowest BCUT2D eigenvalue weighted by Crippen LogP contribution is -2.36. The summed E-state index contributed by atoms with van der Waals surface area (Å²) in [6.45, 7) is 2.19. The summed E-state index contributed by atoms with van der Waals surface area (Å²) in [4.78, 5) is 20.8. The minimum absolute atomic E-state index is 0.191. The van der Waals surface area contributed by atoms with E-state index in [0.717, 1.165) is 5.56 Å². The van der Waals surface area contributed by atoms with E-state index in [0.29, 0.717) is 33.8 Å². The van der Waals surface area contributed by atoms with Crippen LogP contribution in [-0.2, 0) is 0 Å².